The molecule has 1 aromatic rings. The largest absolute Gasteiger partial charge is 0.496 e. The fraction of sp³-hybridized carbons (Fsp3) is 0.429. The summed E-state index contributed by atoms with van der Waals surface area (Å²) in [6, 6.07) is 5.15. The molecule has 0 fully saturated rings. The molecule has 0 saturated carbocycles. The number of hydrogen-bond acceptors (Lipinski definition) is 5. The van der Waals surface area contributed by atoms with Gasteiger partial charge in [-0.2, -0.15) is 0 Å². The average Bonchev–Trinajstić information content (AvgIpc) is 2.37. The van der Waals surface area contributed by atoms with E-state index < -0.39 is 5.97 Å². The van der Waals surface area contributed by atoms with Gasteiger partial charge >= 0.3 is 5.97 Å². The summed E-state index contributed by atoms with van der Waals surface area (Å²) in [5, 5.41) is 0. The number of hydrogen-bond donors (Lipinski definition) is 0. The van der Waals surface area contributed by atoms with E-state index in [2.05, 4.69) is 4.74 Å². The normalized spacial score (nSPS) is 10.4. The van der Waals surface area contributed by atoms with E-state index in [0.717, 1.165) is 11.3 Å². The number of ether oxygens (including phenoxy) is 2. The van der Waals surface area contributed by atoms with E-state index in [1.807, 2.05) is 19.0 Å². The van der Waals surface area contributed by atoms with Crippen molar-refractivity contribution in [1.29, 1.82) is 0 Å². The fourth-order valence-corrected chi connectivity index (χ4v) is 1.72. The zero-order valence-electron chi connectivity index (χ0n) is 11.7. The molecule has 0 N–H and O–H groups in total. The summed E-state index contributed by atoms with van der Waals surface area (Å²) in [5.41, 5.74) is 1.39. The second kappa shape index (κ2) is 6.89. The maximum atomic E-state index is 11.9. The van der Waals surface area contributed by atoms with Gasteiger partial charge in [0.2, 0.25) is 0 Å². The summed E-state index contributed by atoms with van der Waals surface area (Å²) >= 11 is 0. The first-order chi connectivity index (χ1) is 8.97. The van der Waals surface area contributed by atoms with Crippen LogP contribution in [0.1, 0.15) is 22.3 Å². The highest BCUT2D eigenvalue weighted by atomic mass is 16.5. The highest BCUT2D eigenvalue weighted by molar-refractivity contribution is 6.06. The Kier molecular flexibility index (Phi) is 5.51. The van der Waals surface area contributed by atoms with E-state index in [1.165, 1.54) is 7.11 Å². The number of ketones is 1. The average molecular weight is 265 g/mol. The number of esters is 1. The lowest BCUT2D eigenvalue weighted by molar-refractivity contribution is -0.139. The van der Waals surface area contributed by atoms with Crippen LogP contribution >= 0.6 is 0 Å². The molecule has 0 radical (unpaired) electrons. The van der Waals surface area contributed by atoms with Crippen molar-refractivity contribution >= 4 is 11.8 Å². The van der Waals surface area contributed by atoms with E-state index in [9.17, 15) is 9.59 Å². The Hall–Kier alpha value is -1.88. The first kappa shape index (κ1) is 15.2. The van der Waals surface area contributed by atoms with Crippen LogP contribution < -0.4 is 4.74 Å². The highest BCUT2D eigenvalue weighted by Gasteiger charge is 2.14. The Morgan fingerprint density at radius 1 is 1.21 bits per heavy atom. The number of rotatable bonds is 6. The molecule has 0 aliphatic rings. The lowest BCUT2D eigenvalue weighted by Crippen LogP contribution is -2.13. The minimum atomic E-state index is -0.532. The second-order valence-corrected chi connectivity index (χ2v) is 4.44. The van der Waals surface area contributed by atoms with Gasteiger partial charge in [-0.1, -0.05) is 0 Å². The first-order valence-corrected chi connectivity index (χ1v) is 5.89. The van der Waals surface area contributed by atoms with Crippen LogP contribution in [-0.2, 0) is 16.1 Å². The summed E-state index contributed by atoms with van der Waals surface area (Å²) in [6.07, 6.45) is -0.246. The van der Waals surface area contributed by atoms with Gasteiger partial charge in [-0.05, 0) is 32.3 Å². The minimum Gasteiger partial charge on any atom is -0.496 e. The molecule has 0 aliphatic heterocycles. The molecule has 5 nitrogen and oxygen atoms in total. The molecular weight excluding hydrogens is 246 g/mol. The van der Waals surface area contributed by atoms with E-state index in [-0.39, 0.29) is 12.2 Å². The van der Waals surface area contributed by atoms with Crippen molar-refractivity contribution in [2.24, 2.45) is 0 Å². The van der Waals surface area contributed by atoms with Gasteiger partial charge in [0.05, 0.1) is 14.2 Å². The molecule has 0 aromatic heterocycles. The Labute approximate surface area is 113 Å². The maximum Gasteiger partial charge on any atom is 0.313 e. The van der Waals surface area contributed by atoms with E-state index in [0.29, 0.717) is 12.1 Å². The monoisotopic (exact) mass is 265 g/mol. The van der Waals surface area contributed by atoms with Crippen molar-refractivity contribution in [3.05, 3.63) is 29.3 Å². The summed E-state index contributed by atoms with van der Waals surface area (Å²) in [4.78, 5) is 25.0. The predicted octanol–water partition coefficient (Wildman–Crippen LogP) is 1.50. The summed E-state index contributed by atoms with van der Waals surface area (Å²) < 4.78 is 9.74. The third-order valence-electron chi connectivity index (χ3n) is 2.62. The van der Waals surface area contributed by atoms with Crippen molar-refractivity contribution in [3.8, 4) is 5.75 Å². The van der Waals surface area contributed by atoms with Crippen LogP contribution in [0.2, 0.25) is 0 Å². The third kappa shape index (κ3) is 4.37. The molecule has 0 saturated heterocycles. The van der Waals surface area contributed by atoms with E-state index in [4.69, 9.17) is 4.74 Å². The quantitative estimate of drug-likeness (QED) is 0.443. The van der Waals surface area contributed by atoms with Gasteiger partial charge in [0.25, 0.3) is 0 Å². The number of nitrogens with zero attached hydrogens (tertiary/aromatic N) is 1. The predicted molar refractivity (Wildman–Crippen MR) is 71.3 cm³/mol. The molecule has 0 aliphatic carbocycles. The second-order valence-electron chi connectivity index (χ2n) is 4.44. The molecular formula is C14H19NO4. The van der Waals surface area contributed by atoms with Gasteiger partial charge in [0.15, 0.2) is 5.78 Å². The van der Waals surface area contributed by atoms with Crippen LogP contribution in [0.5, 0.6) is 5.75 Å². The molecule has 1 rings (SSSR count). The van der Waals surface area contributed by atoms with Crippen LogP contribution in [0.25, 0.3) is 0 Å². The topological polar surface area (TPSA) is 55.8 Å². The summed E-state index contributed by atoms with van der Waals surface area (Å²) in [6.45, 7) is 0.655. The number of methoxy groups -OCH3 is 2. The number of benzene rings is 1. The van der Waals surface area contributed by atoms with E-state index in [1.54, 1.807) is 25.3 Å². The van der Waals surface area contributed by atoms with Gasteiger partial charge in [-0.3, -0.25) is 9.59 Å². The van der Waals surface area contributed by atoms with Crippen molar-refractivity contribution in [3.63, 3.8) is 0 Å². The maximum absolute atomic E-state index is 11.9. The lowest BCUT2D eigenvalue weighted by atomic mass is 10.0. The van der Waals surface area contributed by atoms with Gasteiger partial charge in [-0.15, -0.1) is 0 Å². The van der Waals surface area contributed by atoms with Crippen molar-refractivity contribution in [2.45, 2.75) is 13.0 Å². The number of carbonyl (C=O) groups is 2. The van der Waals surface area contributed by atoms with Crippen molar-refractivity contribution < 1.29 is 19.1 Å². The smallest absolute Gasteiger partial charge is 0.313 e. The molecule has 0 amide bonds. The number of Topliss-reactive ketones (excluding diaryl/α,β-unsaturated/α-hetero) is 1. The van der Waals surface area contributed by atoms with Gasteiger partial charge in [0, 0.05) is 17.7 Å². The van der Waals surface area contributed by atoms with Gasteiger partial charge in [-0.25, -0.2) is 0 Å². The van der Waals surface area contributed by atoms with E-state index >= 15 is 0 Å². The molecule has 0 unspecified atom stereocenters. The SMILES string of the molecule is COC(=O)CC(=O)c1ccc(OC)c(CN(C)C)c1. The Bertz CT molecular complexity index is 469. The van der Waals surface area contributed by atoms with Crippen LogP contribution in [0.3, 0.4) is 0 Å². The molecule has 5 heteroatoms. The zero-order valence-corrected chi connectivity index (χ0v) is 11.7. The lowest BCUT2D eigenvalue weighted by Gasteiger charge is -2.14. The molecule has 0 spiro atoms. The first-order valence-electron chi connectivity index (χ1n) is 5.89. The third-order valence-corrected chi connectivity index (χ3v) is 2.62. The van der Waals surface area contributed by atoms with Crippen LogP contribution in [-0.4, -0.2) is 45.0 Å². The van der Waals surface area contributed by atoms with Gasteiger partial charge < -0.3 is 14.4 Å². The minimum absolute atomic E-state index is 0.246. The molecule has 104 valence electrons. The van der Waals surface area contributed by atoms with Crippen LogP contribution in [0.15, 0.2) is 18.2 Å². The Morgan fingerprint density at radius 3 is 2.42 bits per heavy atom. The Morgan fingerprint density at radius 2 is 1.89 bits per heavy atom. The summed E-state index contributed by atoms with van der Waals surface area (Å²) in [7, 11) is 6.72. The molecule has 0 heterocycles. The Balaban J connectivity index is 2.97. The molecule has 1 aromatic carbocycles. The summed E-state index contributed by atoms with van der Waals surface area (Å²) in [5.74, 6) is -0.0622. The number of carbonyl (C=O) groups excluding carboxylic acids is 2. The molecule has 0 bridgehead atoms. The standard InChI is InChI=1S/C14H19NO4/c1-15(2)9-11-7-10(5-6-13(11)18-3)12(16)8-14(17)19-4/h5-7H,8-9H2,1-4H3. The highest BCUT2D eigenvalue weighted by Crippen LogP contribution is 2.21. The van der Waals surface area contributed by atoms with Crippen molar-refractivity contribution in [2.75, 3.05) is 28.3 Å². The van der Waals surface area contributed by atoms with Crippen LogP contribution in [0.4, 0.5) is 0 Å². The van der Waals surface area contributed by atoms with Crippen LogP contribution in [0, 0.1) is 0 Å². The fourth-order valence-electron chi connectivity index (χ4n) is 1.72. The molecule has 19 heavy (non-hydrogen) atoms. The van der Waals surface area contributed by atoms with Gasteiger partial charge in [0.1, 0.15) is 12.2 Å². The van der Waals surface area contributed by atoms with Crippen molar-refractivity contribution in [1.82, 2.24) is 4.90 Å². The zero-order chi connectivity index (χ0) is 14.4. The molecule has 0 atom stereocenters.